The number of carbonyl (C=O) groups is 3. The van der Waals surface area contributed by atoms with Gasteiger partial charge in [-0.15, -0.1) is 12.4 Å². The molecular formula is C16H24ClN3O4. The SMILES string of the molecule is CCCN(CC(=O)O)CC(=O)NC(C(=O)NC)c1ccccc1.Cl. The Morgan fingerprint density at radius 3 is 2.29 bits per heavy atom. The van der Waals surface area contributed by atoms with Gasteiger partial charge in [-0.25, -0.2) is 0 Å². The molecule has 0 radical (unpaired) electrons. The number of carboxylic acids is 1. The normalized spacial score (nSPS) is 11.3. The van der Waals surface area contributed by atoms with E-state index in [1.165, 1.54) is 11.9 Å². The smallest absolute Gasteiger partial charge is 0.317 e. The first-order valence-corrected chi connectivity index (χ1v) is 7.48. The summed E-state index contributed by atoms with van der Waals surface area (Å²) in [5, 5.41) is 14.1. The second-order valence-electron chi connectivity index (χ2n) is 5.13. The van der Waals surface area contributed by atoms with Gasteiger partial charge >= 0.3 is 5.97 Å². The third kappa shape index (κ3) is 7.43. The summed E-state index contributed by atoms with van der Waals surface area (Å²) in [6, 6.07) is 8.09. The molecule has 8 heteroatoms. The molecule has 0 aliphatic rings. The van der Waals surface area contributed by atoms with Gasteiger partial charge in [-0.3, -0.25) is 19.3 Å². The van der Waals surface area contributed by atoms with Crippen LogP contribution in [0.3, 0.4) is 0 Å². The summed E-state index contributed by atoms with van der Waals surface area (Å²) in [5.74, 6) is -1.71. The van der Waals surface area contributed by atoms with Crippen molar-refractivity contribution in [2.45, 2.75) is 19.4 Å². The predicted octanol–water partition coefficient (Wildman–Crippen LogP) is 0.808. The number of carboxylic acid groups (broad SMARTS) is 1. The molecule has 3 N–H and O–H groups in total. The van der Waals surface area contributed by atoms with Crippen molar-refractivity contribution in [3.05, 3.63) is 35.9 Å². The number of nitrogens with zero attached hydrogens (tertiary/aromatic N) is 1. The van der Waals surface area contributed by atoms with E-state index < -0.39 is 17.9 Å². The van der Waals surface area contributed by atoms with Crippen molar-refractivity contribution in [3.8, 4) is 0 Å². The average Bonchev–Trinajstić information content (AvgIpc) is 2.52. The molecule has 0 saturated heterocycles. The zero-order valence-corrected chi connectivity index (χ0v) is 14.6. The minimum absolute atomic E-state index is 0. The molecule has 0 heterocycles. The monoisotopic (exact) mass is 357 g/mol. The Labute approximate surface area is 147 Å². The molecule has 1 aromatic carbocycles. The number of amides is 2. The summed E-state index contributed by atoms with van der Waals surface area (Å²) < 4.78 is 0. The number of hydrogen-bond acceptors (Lipinski definition) is 4. The zero-order chi connectivity index (χ0) is 17.2. The van der Waals surface area contributed by atoms with Crippen LogP contribution >= 0.6 is 12.4 Å². The predicted molar refractivity (Wildman–Crippen MR) is 93.0 cm³/mol. The molecule has 0 fully saturated rings. The average molecular weight is 358 g/mol. The largest absolute Gasteiger partial charge is 0.480 e. The van der Waals surface area contributed by atoms with E-state index in [1.807, 2.05) is 13.0 Å². The summed E-state index contributed by atoms with van der Waals surface area (Å²) in [4.78, 5) is 36.5. The Kier molecular flexibility index (Phi) is 10.4. The second kappa shape index (κ2) is 11.4. The van der Waals surface area contributed by atoms with E-state index in [0.717, 1.165) is 6.42 Å². The van der Waals surface area contributed by atoms with Gasteiger partial charge in [0.05, 0.1) is 13.1 Å². The fraction of sp³-hybridized carbons (Fsp3) is 0.438. The van der Waals surface area contributed by atoms with Crippen molar-refractivity contribution in [1.29, 1.82) is 0 Å². The highest BCUT2D eigenvalue weighted by Gasteiger charge is 2.22. The number of rotatable bonds is 9. The number of halogens is 1. The van der Waals surface area contributed by atoms with Crippen LogP contribution in [0.1, 0.15) is 24.9 Å². The van der Waals surface area contributed by atoms with E-state index in [1.54, 1.807) is 24.3 Å². The van der Waals surface area contributed by atoms with Gasteiger partial charge in [0.25, 0.3) is 0 Å². The van der Waals surface area contributed by atoms with Gasteiger partial charge in [-0.05, 0) is 18.5 Å². The molecule has 0 bridgehead atoms. The Morgan fingerprint density at radius 2 is 1.79 bits per heavy atom. The lowest BCUT2D eigenvalue weighted by Crippen LogP contribution is -2.45. The summed E-state index contributed by atoms with van der Waals surface area (Å²) in [7, 11) is 1.50. The Balaban J connectivity index is 0.00000529. The summed E-state index contributed by atoms with van der Waals surface area (Å²) >= 11 is 0. The number of carbonyl (C=O) groups excluding carboxylic acids is 2. The van der Waals surface area contributed by atoms with Crippen LogP contribution in [0, 0.1) is 0 Å². The van der Waals surface area contributed by atoms with Crippen LogP contribution in [0.15, 0.2) is 30.3 Å². The zero-order valence-electron chi connectivity index (χ0n) is 13.8. The van der Waals surface area contributed by atoms with Gasteiger partial charge in [-0.1, -0.05) is 37.3 Å². The topological polar surface area (TPSA) is 98.7 Å². The maximum Gasteiger partial charge on any atom is 0.317 e. The lowest BCUT2D eigenvalue weighted by Gasteiger charge is -2.22. The van der Waals surface area contributed by atoms with Crippen molar-refractivity contribution in [2.24, 2.45) is 0 Å². The number of benzene rings is 1. The third-order valence-corrected chi connectivity index (χ3v) is 3.21. The second-order valence-corrected chi connectivity index (χ2v) is 5.13. The van der Waals surface area contributed by atoms with Gasteiger partial charge in [0.2, 0.25) is 11.8 Å². The molecule has 0 spiro atoms. The molecular weight excluding hydrogens is 334 g/mol. The molecule has 7 nitrogen and oxygen atoms in total. The first kappa shape index (κ1) is 21.9. The molecule has 0 aliphatic heterocycles. The van der Waals surface area contributed by atoms with Crippen molar-refractivity contribution in [3.63, 3.8) is 0 Å². The van der Waals surface area contributed by atoms with Gasteiger partial charge < -0.3 is 15.7 Å². The Hall–Kier alpha value is -2.12. The van der Waals surface area contributed by atoms with Crippen LogP contribution in [0.2, 0.25) is 0 Å². The fourth-order valence-corrected chi connectivity index (χ4v) is 2.22. The molecule has 0 aromatic heterocycles. The Bertz CT molecular complexity index is 539. The highest BCUT2D eigenvalue weighted by atomic mass is 35.5. The van der Waals surface area contributed by atoms with E-state index in [0.29, 0.717) is 12.1 Å². The van der Waals surface area contributed by atoms with Crippen LogP contribution in [0.25, 0.3) is 0 Å². The molecule has 1 unspecified atom stereocenters. The van der Waals surface area contributed by atoms with E-state index in [4.69, 9.17) is 5.11 Å². The molecule has 1 atom stereocenters. The first-order valence-electron chi connectivity index (χ1n) is 7.48. The van der Waals surface area contributed by atoms with Crippen molar-refractivity contribution < 1.29 is 19.5 Å². The van der Waals surface area contributed by atoms with Crippen molar-refractivity contribution in [2.75, 3.05) is 26.7 Å². The Morgan fingerprint density at radius 1 is 1.17 bits per heavy atom. The fourth-order valence-electron chi connectivity index (χ4n) is 2.22. The van der Waals surface area contributed by atoms with Crippen LogP contribution < -0.4 is 10.6 Å². The van der Waals surface area contributed by atoms with E-state index in [-0.39, 0.29) is 31.4 Å². The van der Waals surface area contributed by atoms with E-state index >= 15 is 0 Å². The minimum atomic E-state index is -0.989. The summed E-state index contributed by atoms with van der Waals surface area (Å²) in [5.41, 5.74) is 0.667. The van der Waals surface area contributed by atoms with Gasteiger partial charge in [0.1, 0.15) is 6.04 Å². The van der Waals surface area contributed by atoms with Crippen LogP contribution in [-0.4, -0.2) is 54.5 Å². The van der Waals surface area contributed by atoms with Gasteiger partial charge in [-0.2, -0.15) is 0 Å². The van der Waals surface area contributed by atoms with Crippen molar-refractivity contribution >= 4 is 30.2 Å². The lowest BCUT2D eigenvalue weighted by molar-refractivity contribution is -0.139. The van der Waals surface area contributed by atoms with Crippen LogP contribution in [0.5, 0.6) is 0 Å². The molecule has 2 amide bonds. The highest BCUT2D eigenvalue weighted by Crippen LogP contribution is 2.12. The van der Waals surface area contributed by atoms with Gasteiger partial charge in [0.15, 0.2) is 0 Å². The van der Waals surface area contributed by atoms with Crippen LogP contribution in [0.4, 0.5) is 0 Å². The standard InChI is InChI=1S/C16H23N3O4.ClH/c1-3-9-19(11-14(21)22)10-13(20)18-15(16(23)17-2)12-7-5-4-6-8-12;/h4-8,15H,3,9-11H2,1-2H3,(H,17,23)(H,18,20)(H,21,22);1H. The van der Waals surface area contributed by atoms with Gasteiger partial charge in [0, 0.05) is 7.05 Å². The molecule has 0 saturated carbocycles. The quantitative estimate of drug-likeness (QED) is 0.607. The number of hydrogen-bond donors (Lipinski definition) is 3. The molecule has 134 valence electrons. The number of likely N-dealkylation sites (N-methyl/N-ethyl adjacent to an activating group) is 1. The molecule has 1 rings (SSSR count). The summed E-state index contributed by atoms with van der Waals surface area (Å²) in [6.45, 7) is 2.12. The maximum atomic E-state index is 12.2. The third-order valence-electron chi connectivity index (χ3n) is 3.21. The maximum absolute atomic E-state index is 12.2. The number of nitrogens with one attached hydrogen (secondary N) is 2. The summed E-state index contributed by atoms with van der Waals surface area (Å²) in [6.07, 6.45) is 0.734. The van der Waals surface area contributed by atoms with Crippen molar-refractivity contribution in [1.82, 2.24) is 15.5 Å². The minimum Gasteiger partial charge on any atom is -0.480 e. The molecule has 24 heavy (non-hydrogen) atoms. The van der Waals surface area contributed by atoms with Crippen LogP contribution in [-0.2, 0) is 14.4 Å². The number of aliphatic carboxylic acids is 1. The van der Waals surface area contributed by atoms with E-state index in [9.17, 15) is 14.4 Å². The van der Waals surface area contributed by atoms with E-state index in [2.05, 4.69) is 10.6 Å². The molecule has 1 aromatic rings. The lowest BCUT2D eigenvalue weighted by atomic mass is 10.1. The first-order chi connectivity index (χ1) is 11.0. The molecule has 0 aliphatic carbocycles. The highest BCUT2D eigenvalue weighted by molar-refractivity contribution is 5.89.